The first-order valence-corrected chi connectivity index (χ1v) is 16.4. The lowest BCUT2D eigenvalue weighted by atomic mass is 9.89. The SMILES string of the molecule is CC(=O)NCc1cccc(-c2cccc(C3OC(CN(C)C(C)c4ccc5ccccc5c4)C(C)C(c4ccc(CO)cc4)O3)c2)c1. The zero-order chi connectivity index (χ0) is 32.9. The van der Waals surface area contributed by atoms with Crippen molar-refractivity contribution in [3.63, 3.8) is 0 Å². The molecule has 1 aliphatic rings. The fourth-order valence-electron chi connectivity index (χ4n) is 6.44. The van der Waals surface area contributed by atoms with Gasteiger partial charge in [-0.3, -0.25) is 9.69 Å². The summed E-state index contributed by atoms with van der Waals surface area (Å²) in [5.74, 6) is 0.0248. The highest BCUT2D eigenvalue weighted by atomic mass is 16.7. The van der Waals surface area contributed by atoms with Crippen molar-refractivity contribution in [2.75, 3.05) is 13.6 Å². The summed E-state index contributed by atoms with van der Waals surface area (Å²) in [4.78, 5) is 13.8. The minimum Gasteiger partial charge on any atom is -0.392 e. The van der Waals surface area contributed by atoms with Crippen LogP contribution in [-0.4, -0.2) is 35.6 Å². The number of hydrogen-bond donors (Lipinski definition) is 2. The molecular formula is C41H44N2O4. The van der Waals surface area contributed by atoms with E-state index in [0.717, 1.165) is 39.9 Å². The molecule has 0 saturated carbocycles. The number of rotatable bonds is 10. The normalized spacial score (nSPS) is 20.3. The molecule has 6 heteroatoms. The molecule has 2 N–H and O–H groups in total. The number of aliphatic hydroxyl groups is 1. The van der Waals surface area contributed by atoms with Crippen molar-refractivity contribution < 1.29 is 19.4 Å². The number of nitrogens with one attached hydrogen (secondary N) is 1. The predicted molar refractivity (Wildman–Crippen MR) is 187 cm³/mol. The smallest absolute Gasteiger partial charge is 0.217 e. The van der Waals surface area contributed by atoms with Gasteiger partial charge in [-0.25, -0.2) is 0 Å². The first kappa shape index (κ1) is 32.6. The third-order valence-corrected chi connectivity index (χ3v) is 9.47. The van der Waals surface area contributed by atoms with Crippen LogP contribution in [0.15, 0.2) is 115 Å². The van der Waals surface area contributed by atoms with Gasteiger partial charge in [-0.05, 0) is 76.3 Å². The van der Waals surface area contributed by atoms with Gasteiger partial charge in [0.05, 0.1) is 18.8 Å². The number of benzene rings is 5. The highest BCUT2D eigenvalue weighted by Crippen LogP contribution is 2.43. The molecule has 47 heavy (non-hydrogen) atoms. The fourth-order valence-corrected chi connectivity index (χ4v) is 6.44. The Morgan fingerprint density at radius 3 is 2.28 bits per heavy atom. The van der Waals surface area contributed by atoms with E-state index in [1.165, 1.54) is 23.3 Å². The van der Waals surface area contributed by atoms with Gasteiger partial charge in [0.25, 0.3) is 0 Å². The molecule has 242 valence electrons. The third kappa shape index (κ3) is 7.64. The van der Waals surface area contributed by atoms with Crippen LogP contribution in [0.1, 0.15) is 67.0 Å². The largest absolute Gasteiger partial charge is 0.392 e. The molecule has 1 amide bonds. The van der Waals surface area contributed by atoms with Crippen molar-refractivity contribution in [2.45, 2.75) is 58.5 Å². The van der Waals surface area contributed by atoms with Crippen LogP contribution in [0.3, 0.4) is 0 Å². The van der Waals surface area contributed by atoms with Crippen LogP contribution in [0.25, 0.3) is 21.9 Å². The summed E-state index contributed by atoms with van der Waals surface area (Å²) >= 11 is 0. The lowest BCUT2D eigenvalue weighted by Crippen LogP contribution is -2.44. The molecule has 6 rings (SSSR count). The van der Waals surface area contributed by atoms with Crippen molar-refractivity contribution in [3.05, 3.63) is 143 Å². The van der Waals surface area contributed by atoms with Crippen LogP contribution in [0.2, 0.25) is 0 Å². The Labute approximate surface area is 278 Å². The third-order valence-electron chi connectivity index (χ3n) is 9.47. The van der Waals surface area contributed by atoms with Crippen LogP contribution >= 0.6 is 0 Å². The number of hydrogen-bond acceptors (Lipinski definition) is 5. The molecule has 1 fully saturated rings. The highest BCUT2D eigenvalue weighted by Gasteiger charge is 2.39. The molecule has 0 spiro atoms. The number of ether oxygens (including phenoxy) is 2. The van der Waals surface area contributed by atoms with Crippen molar-refractivity contribution >= 4 is 16.7 Å². The maximum Gasteiger partial charge on any atom is 0.217 e. The fraction of sp³-hybridized carbons (Fsp3) is 0.293. The summed E-state index contributed by atoms with van der Waals surface area (Å²) in [7, 11) is 2.17. The number of likely N-dealkylation sites (N-methyl/N-ethyl adjacent to an activating group) is 1. The van der Waals surface area contributed by atoms with Crippen LogP contribution in [0.4, 0.5) is 0 Å². The monoisotopic (exact) mass is 628 g/mol. The Bertz CT molecular complexity index is 1820. The molecule has 0 aromatic heterocycles. The zero-order valence-electron chi connectivity index (χ0n) is 27.6. The van der Waals surface area contributed by atoms with Gasteiger partial charge in [-0.1, -0.05) is 104 Å². The van der Waals surface area contributed by atoms with Crippen molar-refractivity contribution in [1.29, 1.82) is 0 Å². The number of fused-ring (bicyclic) bond motifs is 1. The van der Waals surface area contributed by atoms with Crippen LogP contribution in [0.5, 0.6) is 0 Å². The zero-order valence-corrected chi connectivity index (χ0v) is 27.6. The second-order valence-electron chi connectivity index (χ2n) is 12.8. The standard InChI is InChI=1S/C41H44N2O4/c1-27-39(25-43(4)28(2)34-20-19-32-10-5-6-11-36(32)22-34)46-41(47-40(27)33-17-15-30(26-44)16-18-33)38-14-8-13-37(23-38)35-12-7-9-31(21-35)24-42-29(3)45/h5-23,27-28,39-41,44H,24-26H2,1-4H3,(H,42,45). The maximum atomic E-state index is 11.5. The van der Waals surface area contributed by atoms with E-state index in [0.29, 0.717) is 6.54 Å². The molecule has 1 heterocycles. The summed E-state index contributed by atoms with van der Waals surface area (Å²) in [6.07, 6.45) is -0.861. The Hall–Kier alpha value is -4.33. The minimum absolute atomic E-state index is 0.00593. The number of nitrogens with zero attached hydrogens (tertiary/aromatic N) is 1. The average molecular weight is 629 g/mol. The van der Waals surface area contributed by atoms with E-state index in [2.05, 4.69) is 116 Å². The molecular weight excluding hydrogens is 584 g/mol. The van der Waals surface area contributed by atoms with E-state index in [1.54, 1.807) is 0 Å². The summed E-state index contributed by atoms with van der Waals surface area (Å²) in [5.41, 5.74) is 7.33. The molecule has 5 aromatic carbocycles. The number of carbonyl (C=O) groups is 1. The first-order valence-electron chi connectivity index (χ1n) is 16.4. The van der Waals surface area contributed by atoms with Gasteiger partial charge < -0.3 is 19.9 Å². The second kappa shape index (κ2) is 14.6. The molecule has 0 radical (unpaired) electrons. The molecule has 6 nitrogen and oxygen atoms in total. The van der Waals surface area contributed by atoms with Gasteiger partial charge in [0.2, 0.25) is 5.91 Å². The van der Waals surface area contributed by atoms with Gasteiger partial charge in [-0.15, -0.1) is 0 Å². The van der Waals surface area contributed by atoms with E-state index in [-0.39, 0.29) is 36.7 Å². The second-order valence-corrected chi connectivity index (χ2v) is 12.8. The summed E-state index contributed by atoms with van der Waals surface area (Å²) < 4.78 is 13.6. The van der Waals surface area contributed by atoms with Crippen LogP contribution in [-0.2, 0) is 27.4 Å². The molecule has 0 aliphatic carbocycles. The van der Waals surface area contributed by atoms with E-state index in [1.807, 2.05) is 30.3 Å². The molecule has 5 aromatic rings. The lowest BCUT2D eigenvalue weighted by molar-refractivity contribution is -0.276. The number of carbonyl (C=O) groups excluding carboxylic acids is 1. The molecule has 5 unspecified atom stereocenters. The van der Waals surface area contributed by atoms with Crippen molar-refractivity contribution in [2.24, 2.45) is 5.92 Å². The molecule has 1 saturated heterocycles. The quantitative estimate of drug-likeness (QED) is 0.164. The van der Waals surface area contributed by atoms with Gasteiger partial charge in [0.1, 0.15) is 0 Å². The molecule has 5 atom stereocenters. The Morgan fingerprint density at radius 2 is 1.53 bits per heavy atom. The Balaban J connectivity index is 1.27. The predicted octanol–water partition coefficient (Wildman–Crippen LogP) is 8.12. The van der Waals surface area contributed by atoms with E-state index in [4.69, 9.17) is 9.47 Å². The van der Waals surface area contributed by atoms with Gasteiger partial charge in [0, 0.05) is 37.5 Å². The average Bonchev–Trinajstić information content (AvgIpc) is 3.11. The lowest BCUT2D eigenvalue weighted by Gasteiger charge is -2.43. The van der Waals surface area contributed by atoms with Crippen molar-refractivity contribution in [3.8, 4) is 11.1 Å². The van der Waals surface area contributed by atoms with Crippen LogP contribution in [0, 0.1) is 5.92 Å². The summed E-state index contributed by atoms with van der Waals surface area (Å²) in [6, 6.07) is 40.0. The number of amides is 1. The first-order chi connectivity index (χ1) is 22.8. The summed E-state index contributed by atoms with van der Waals surface area (Å²) in [6.45, 7) is 7.20. The number of aliphatic hydroxyl groups excluding tert-OH is 1. The summed E-state index contributed by atoms with van der Waals surface area (Å²) in [5, 5.41) is 15.0. The van der Waals surface area contributed by atoms with E-state index in [9.17, 15) is 9.90 Å². The highest BCUT2D eigenvalue weighted by molar-refractivity contribution is 5.83. The molecule has 1 aliphatic heterocycles. The Morgan fingerprint density at radius 1 is 0.809 bits per heavy atom. The molecule has 0 bridgehead atoms. The van der Waals surface area contributed by atoms with E-state index < -0.39 is 6.29 Å². The van der Waals surface area contributed by atoms with Gasteiger partial charge >= 0.3 is 0 Å². The minimum atomic E-state index is -0.564. The van der Waals surface area contributed by atoms with Gasteiger partial charge in [0.15, 0.2) is 6.29 Å². The van der Waals surface area contributed by atoms with Crippen molar-refractivity contribution in [1.82, 2.24) is 10.2 Å². The van der Waals surface area contributed by atoms with E-state index >= 15 is 0 Å². The Kier molecular flexibility index (Phi) is 10.1. The van der Waals surface area contributed by atoms with Gasteiger partial charge in [-0.2, -0.15) is 0 Å². The topological polar surface area (TPSA) is 71.0 Å². The van der Waals surface area contributed by atoms with Crippen LogP contribution < -0.4 is 5.32 Å². The maximum absolute atomic E-state index is 11.5.